The number of nitriles is 1. The normalized spacial score (nSPS) is 13.2. The molecule has 0 saturated heterocycles. The number of nitrogens with zero attached hydrogens (tertiary/aromatic N) is 2. The number of nitro benzene ring substituents is 1. The van der Waals surface area contributed by atoms with Crippen LogP contribution < -0.4 is 16.2 Å². The lowest BCUT2D eigenvalue weighted by atomic mass is 10.1. The number of nitrogens with one attached hydrogen (secondary N) is 3. The van der Waals surface area contributed by atoms with Crippen LogP contribution in [0.1, 0.15) is 49.2 Å². The molecule has 12 heteroatoms. The Labute approximate surface area is 222 Å². The molecule has 0 aliphatic carbocycles. The summed E-state index contributed by atoms with van der Waals surface area (Å²) in [6.07, 6.45) is -0.606. The van der Waals surface area contributed by atoms with Crippen molar-refractivity contribution in [2.75, 3.05) is 5.32 Å². The molecule has 2 unspecified atom stereocenters. The average molecular weight is 546 g/mol. The van der Waals surface area contributed by atoms with Crippen LogP contribution in [0.5, 0.6) is 0 Å². The molecule has 0 spiro atoms. The minimum atomic E-state index is -2.28. The van der Waals surface area contributed by atoms with E-state index in [2.05, 4.69) is 50.0 Å². The Morgan fingerprint density at radius 2 is 1.73 bits per heavy atom. The predicted octanol–water partition coefficient (Wildman–Crippen LogP) is 5.08. The van der Waals surface area contributed by atoms with Gasteiger partial charge in [0, 0.05) is 23.4 Å². The minimum absolute atomic E-state index is 0.111. The predicted molar refractivity (Wildman–Crippen MR) is 145 cm³/mol. The molecule has 3 N–H and O–H groups in total. The van der Waals surface area contributed by atoms with Crippen molar-refractivity contribution in [3.63, 3.8) is 0 Å². The van der Waals surface area contributed by atoms with Gasteiger partial charge in [-0.05, 0) is 61.8 Å². The molecular formula is C25H32ClN5O5Si. The minimum Gasteiger partial charge on any atom is -0.412 e. The molecule has 0 fully saturated rings. The van der Waals surface area contributed by atoms with Crippen LogP contribution in [-0.2, 0) is 9.22 Å². The van der Waals surface area contributed by atoms with Gasteiger partial charge in [0.1, 0.15) is 12.1 Å². The lowest BCUT2D eigenvalue weighted by molar-refractivity contribution is -0.384. The second-order valence-electron chi connectivity index (χ2n) is 10.2. The van der Waals surface area contributed by atoms with Crippen molar-refractivity contribution < 1.29 is 18.9 Å². The number of carbonyl (C=O) groups is 2. The molecule has 2 rings (SSSR count). The number of rotatable bonds is 8. The van der Waals surface area contributed by atoms with Crippen LogP contribution >= 0.6 is 11.6 Å². The molecule has 198 valence electrons. The van der Waals surface area contributed by atoms with Crippen LogP contribution in [-0.4, -0.2) is 37.2 Å². The van der Waals surface area contributed by atoms with Crippen molar-refractivity contribution in [1.82, 2.24) is 10.9 Å². The number of nitro groups is 1. The zero-order valence-electron chi connectivity index (χ0n) is 21.9. The fraction of sp³-hybridized carbons (Fsp3) is 0.400. The molecule has 2 aromatic carbocycles. The third-order valence-electron chi connectivity index (χ3n) is 6.50. The highest BCUT2D eigenvalue weighted by molar-refractivity contribution is 6.74. The standard InChI is InChI=1S/C25H32ClN5O5Si/c1-15-20(13-10-18(14-27)21(15)26)28-22(16(2)36-37(6,7)25(3,4)5)24(33)30-29-23(32)17-8-11-19(12-9-17)31(34)35/h8-13,16,22,28H,1-7H3,(H,29,32)(H,30,33). The van der Waals surface area contributed by atoms with Crippen molar-refractivity contribution in [3.8, 4) is 6.07 Å². The van der Waals surface area contributed by atoms with Gasteiger partial charge in [-0.1, -0.05) is 32.4 Å². The van der Waals surface area contributed by atoms with Crippen molar-refractivity contribution in [1.29, 1.82) is 5.26 Å². The molecular weight excluding hydrogens is 514 g/mol. The Morgan fingerprint density at radius 1 is 1.14 bits per heavy atom. The summed E-state index contributed by atoms with van der Waals surface area (Å²) in [4.78, 5) is 36.1. The molecule has 0 heterocycles. The Bertz CT molecular complexity index is 1220. The van der Waals surface area contributed by atoms with Crippen LogP contribution in [0.25, 0.3) is 0 Å². The summed E-state index contributed by atoms with van der Waals surface area (Å²) in [6, 6.07) is 9.30. The van der Waals surface area contributed by atoms with Crippen molar-refractivity contribution >= 4 is 43.1 Å². The molecule has 0 aliphatic rings. The maximum absolute atomic E-state index is 13.3. The third kappa shape index (κ3) is 7.28. The first-order valence-electron chi connectivity index (χ1n) is 11.6. The monoisotopic (exact) mass is 545 g/mol. The maximum Gasteiger partial charge on any atom is 0.269 e. The number of hydrogen-bond acceptors (Lipinski definition) is 7. The van der Waals surface area contributed by atoms with E-state index in [0.717, 1.165) is 0 Å². The second-order valence-corrected chi connectivity index (χ2v) is 15.3. The summed E-state index contributed by atoms with van der Waals surface area (Å²) >= 11 is 6.32. The quantitative estimate of drug-likeness (QED) is 0.238. The zero-order valence-corrected chi connectivity index (χ0v) is 23.7. The number of hydrazine groups is 1. The molecule has 2 aromatic rings. The van der Waals surface area contributed by atoms with Gasteiger partial charge in [-0.3, -0.25) is 30.6 Å². The van der Waals surface area contributed by atoms with Crippen molar-refractivity contribution in [2.45, 2.75) is 64.9 Å². The van der Waals surface area contributed by atoms with Gasteiger partial charge < -0.3 is 9.74 Å². The number of anilines is 1. The van der Waals surface area contributed by atoms with E-state index < -0.39 is 37.2 Å². The SMILES string of the molecule is Cc1c(NC(C(=O)NNC(=O)c2ccc([N+](=O)[O-])cc2)C(C)O[Si](C)(C)C(C)(C)C)ccc(C#N)c1Cl. The Balaban J connectivity index is 2.28. The Morgan fingerprint density at radius 3 is 2.24 bits per heavy atom. The molecule has 2 amide bonds. The topological polar surface area (TPSA) is 146 Å². The number of non-ortho nitro benzene ring substituents is 1. The largest absolute Gasteiger partial charge is 0.412 e. The Kier molecular flexibility index (Phi) is 9.43. The van der Waals surface area contributed by atoms with Crippen molar-refractivity contribution in [3.05, 3.63) is 68.2 Å². The van der Waals surface area contributed by atoms with Crippen LogP contribution in [0.4, 0.5) is 11.4 Å². The van der Waals surface area contributed by atoms with Gasteiger partial charge in [0.25, 0.3) is 17.5 Å². The van der Waals surface area contributed by atoms with E-state index in [1.807, 2.05) is 6.07 Å². The van der Waals surface area contributed by atoms with E-state index in [9.17, 15) is 25.0 Å². The highest BCUT2D eigenvalue weighted by atomic mass is 35.5. The van der Waals surface area contributed by atoms with Gasteiger partial charge in [-0.15, -0.1) is 0 Å². The lowest BCUT2D eigenvalue weighted by Crippen LogP contribution is -2.55. The van der Waals surface area contributed by atoms with E-state index in [0.29, 0.717) is 16.8 Å². The van der Waals surface area contributed by atoms with Gasteiger partial charge in [0.2, 0.25) is 0 Å². The van der Waals surface area contributed by atoms with Gasteiger partial charge >= 0.3 is 0 Å². The third-order valence-corrected chi connectivity index (χ3v) is 11.6. The average Bonchev–Trinajstić information content (AvgIpc) is 2.82. The van der Waals surface area contributed by atoms with Gasteiger partial charge in [-0.25, -0.2) is 0 Å². The summed E-state index contributed by atoms with van der Waals surface area (Å²) in [5.74, 6) is -1.21. The first-order chi connectivity index (χ1) is 17.1. The smallest absolute Gasteiger partial charge is 0.269 e. The summed E-state index contributed by atoms with van der Waals surface area (Å²) in [5, 5.41) is 23.4. The fourth-order valence-corrected chi connectivity index (χ4v) is 4.83. The number of halogens is 1. The van der Waals surface area contributed by atoms with E-state index in [1.54, 1.807) is 26.0 Å². The molecule has 0 bridgehead atoms. The molecule has 0 aliphatic heterocycles. The summed E-state index contributed by atoms with van der Waals surface area (Å²) in [5.41, 5.74) is 6.18. The second kappa shape index (κ2) is 11.7. The Hall–Kier alpha value is -3.46. The first-order valence-corrected chi connectivity index (χ1v) is 14.9. The van der Waals surface area contributed by atoms with Crippen molar-refractivity contribution in [2.24, 2.45) is 0 Å². The number of carbonyl (C=O) groups excluding carboxylic acids is 2. The van der Waals surface area contributed by atoms with E-state index >= 15 is 0 Å². The van der Waals surface area contributed by atoms with Gasteiger partial charge in [0.05, 0.1) is 21.6 Å². The molecule has 37 heavy (non-hydrogen) atoms. The molecule has 2 atom stereocenters. The van der Waals surface area contributed by atoms with Gasteiger partial charge in [-0.2, -0.15) is 5.26 Å². The highest BCUT2D eigenvalue weighted by Crippen LogP contribution is 2.38. The molecule has 0 radical (unpaired) electrons. The fourth-order valence-electron chi connectivity index (χ4n) is 3.20. The van der Waals surface area contributed by atoms with E-state index in [-0.39, 0.29) is 21.3 Å². The highest BCUT2D eigenvalue weighted by Gasteiger charge is 2.41. The summed E-state index contributed by atoms with van der Waals surface area (Å²) in [6.45, 7) is 13.9. The van der Waals surface area contributed by atoms with Crippen LogP contribution in [0.2, 0.25) is 23.2 Å². The van der Waals surface area contributed by atoms with Crippen LogP contribution in [0, 0.1) is 28.4 Å². The number of hydrogen-bond donors (Lipinski definition) is 3. The number of benzene rings is 2. The van der Waals surface area contributed by atoms with Gasteiger partial charge in [0.15, 0.2) is 8.32 Å². The van der Waals surface area contributed by atoms with E-state index in [1.165, 1.54) is 24.3 Å². The molecule has 0 saturated carbocycles. The van der Waals surface area contributed by atoms with Crippen LogP contribution in [0.3, 0.4) is 0 Å². The molecule has 0 aromatic heterocycles. The maximum atomic E-state index is 13.3. The van der Waals surface area contributed by atoms with E-state index in [4.69, 9.17) is 16.0 Å². The summed E-state index contributed by atoms with van der Waals surface area (Å²) in [7, 11) is -2.28. The zero-order chi connectivity index (χ0) is 28.1. The number of amides is 2. The van der Waals surface area contributed by atoms with Crippen LogP contribution in [0.15, 0.2) is 36.4 Å². The summed E-state index contributed by atoms with van der Waals surface area (Å²) < 4.78 is 6.45. The first kappa shape index (κ1) is 29.8. The molecule has 10 nitrogen and oxygen atoms in total. The lowest BCUT2D eigenvalue weighted by Gasteiger charge is -2.40.